The molecule has 0 radical (unpaired) electrons. The van der Waals surface area contributed by atoms with Gasteiger partial charge in [-0.1, -0.05) is 46.5 Å². The summed E-state index contributed by atoms with van der Waals surface area (Å²) in [7, 11) is 1.78. The van der Waals surface area contributed by atoms with Crippen LogP contribution < -0.4 is 16.4 Å². The molecular weight excluding hydrogens is 348 g/mol. The SMILES string of the molecule is CCCCC(NC(N)=O)C(=O)NCCOCCN(C)C(=O)CC(C)CCC. The van der Waals surface area contributed by atoms with Crippen LogP contribution in [0.4, 0.5) is 4.79 Å². The highest BCUT2D eigenvalue weighted by Gasteiger charge is 2.18. The molecular formula is C19H38N4O4. The van der Waals surface area contributed by atoms with E-state index < -0.39 is 12.1 Å². The third-order valence-electron chi connectivity index (χ3n) is 4.33. The quantitative estimate of drug-likeness (QED) is 0.371. The number of hydrogen-bond donors (Lipinski definition) is 3. The molecule has 0 aromatic rings. The molecule has 4 N–H and O–H groups in total. The number of carbonyl (C=O) groups is 3. The van der Waals surface area contributed by atoms with Gasteiger partial charge in [-0.3, -0.25) is 9.59 Å². The van der Waals surface area contributed by atoms with Crippen molar-refractivity contribution in [1.82, 2.24) is 15.5 Å². The van der Waals surface area contributed by atoms with Crippen LogP contribution in [0.25, 0.3) is 0 Å². The Labute approximate surface area is 163 Å². The highest BCUT2D eigenvalue weighted by molar-refractivity contribution is 5.86. The summed E-state index contributed by atoms with van der Waals surface area (Å²) in [6.45, 7) is 7.85. The number of likely N-dealkylation sites (N-methyl/N-ethyl adjacent to an activating group) is 1. The van der Waals surface area contributed by atoms with Gasteiger partial charge in [-0.25, -0.2) is 4.79 Å². The van der Waals surface area contributed by atoms with Crippen molar-refractivity contribution in [3.8, 4) is 0 Å². The molecule has 2 unspecified atom stereocenters. The van der Waals surface area contributed by atoms with Crippen molar-refractivity contribution in [2.45, 2.75) is 65.3 Å². The molecule has 0 saturated carbocycles. The Kier molecular flexibility index (Phi) is 14.2. The number of amides is 4. The highest BCUT2D eigenvalue weighted by Crippen LogP contribution is 2.11. The van der Waals surface area contributed by atoms with Crippen LogP contribution in [0.1, 0.15) is 59.3 Å². The first kappa shape index (κ1) is 25.2. The van der Waals surface area contributed by atoms with E-state index in [0.29, 0.717) is 45.1 Å². The maximum absolute atomic E-state index is 12.1. The van der Waals surface area contributed by atoms with Gasteiger partial charge in [-0.2, -0.15) is 0 Å². The molecule has 0 aliphatic carbocycles. The number of nitrogens with two attached hydrogens (primary N) is 1. The number of rotatable bonds is 15. The maximum atomic E-state index is 12.1. The minimum Gasteiger partial charge on any atom is -0.378 e. The molecule has 158 valence electrons. The number of nitrogens with zero attached hydrogens (tertiary/aromatic N) is 1. The predicted octanol–water partition coefficient (Wildman–Crippen LogP) is 1.63. The molecule has 0 aliphatic heterocycles. The Morgan fingerprint density at radius 2 is 1.81 bits per heavy atom. The zero-order valence-electron chi connectivity index (χ0n) is 17.4. The van der Waals surface area contributed by atoms with Crippen molar-refractivity contribution in [3.05, 3.63) is 0 Å². The lowest BCUT2D eigenvalue weighted by atomic mass is 10.0. The van der Waals surface area contributed by atoms with E-state index in [1.54, 1.807) is 11.9 Å². The zero-order chi connectivity index (χ0) is 20.7. The molecule has 0 aromatic carbocycles. The molecule has 2 atom stereocenters. The van der Waals surface area contributed by atoms with Gasteiger partial charge in [0.25, 0.3) is 0 Å². The molecule has 0 spiro atoms. The Morgan fingerprint density at radius 3 is 2.41 bits per heavy atom. The molecule has 0 saturated heterocycles. The smallest absolute Gasteiger partial charge is 0.312 e. The minimum absolute atomic E-state index is 0.129. The van der Waals surface area contributed by atoms with Crippen LogP contribution >= 0.6 is 0 Å². The summed E-state index contributed by atoms with van der Waals surface area (Å²) in [6, 6.07) is -1.32. The molecule has 0 aromatic heterocycles. The number of unbranched alkanes of at least 4 members (excludes halogenated alkanes) is 1. The van der Waals surface area contributed by atoms with Crippen molar-refractivity contribution >= 4 is 17.8 Å². The first-order valence-electron chi connectivity index (χ1n) is 9.97. The Morgan fingerprint density at radius 1 is 1.11 bits per heavy atom. The second-order valence-electron chi connectivity index (χ2n) is 7.02. The van der Waals surface area contributed by atoms with E-state index in [-0.39, 0.29) is 11.8 Å². The van der Waals surface area contributed by atoms with Gasteiger partial charge in [-0.15, -0.1) is 0 Å². The van der Waals surface area contributed by atoms with E-state index in [0.717, 1.165) is 25.7 Å². The third-order valence-corrected chi connectivity index (χ3v) is 4.33. The van der Waals surface area contributed by atoms with Gasteiger partial charge in [0.15, 0.2) is 0 Å². The minimum atomic E-state index is -0.705. The average Bonchev–Trinajstić information content (AvgIpc) is 2.60. The number of nitrogens with one attached hydrogen (secondary N) is 2. The van der Waals surface area contributed by atoms with E-state index >= 15 is 0 Å². The van der Waals surface area contributed by atoms with Gasteiger partial charge in [-0.05, 0) is 12.3 Å². The maximum Gasteiger partial charge on any atom is 0.312 e. The van der Waals surface area contributed by atoms with Gasteiger partial charge < -0.3 is 26.0 Å². The predicted molar refractivity (Wildman–Crippen MR) is 106 cm³/mol. The Balaban J connectivity index is 3.95. The molecule has 8 heteroatoms. The number of ether oxygens (including phenoxy) is 1. The summed E-state index contributed by atoms with van der Waals surface area (Å²) in [4.78, 5) is 36.8. The van der Waals surface area contributed by atoms with Gasteiger partial charge in [0.2, 0.25) is 11.8 Å². The zero-order valence-corrected chi connectivity index (χ0v) is 17.4. The number of urea groups is 1. The van der Waals surface area contributed by atoms with Crippen LogP contribution in [0.15, 0.2) is 0 Å². The van der Waals surface area contributed by atoms with Crippen LogP contribution in [0, 0.1) is 5.92 Å². The first-order chi connectivity index (χ1) is 12.8. The van der Waals surface area contributed by atoms with E-state index in [1.807, 2.05) is 6.92 Å². The van der Waals surface area contributed by atoms with Crippen molar-refractivity contribution in [1.29, 1.82) is 0 Å². The number of carbonyl (C=O) groups excluding carboxylic acids is 3. The molecule has 0 fully saturated rings. The largest absolute Gasteiger partial charge is 0.378 e. The Hall–Kier alpha value is -1.83. The topological polar surface area (TPSA) is 114 Å². The second kappa shape index (κ2) is 15.2. The standard InChI is InChI=1S/C19H38N4O4/c1-5-7-9-16(22-19(20)26)18(25)21-10-12-27-13-11-23(4)17(24)14-15(3)8-6-2/h15-16H,5-14H2,1-4H3,(H,21,25)(H3,20,22,26). The van der Waals surface area contributed by atoms with Crippen LogP contribution in [0.5, 0.6) is 0 Å². The fourth-order valence-corrected chi connectivity index (χ4v) is 2.70. The van der Waals surface area contributed by atoms with Crippen molar-refractivity contribution in [3.63, 3.8) is 0 Å². The first-order valence-corrected chi connectivity index (χ1v) is 9.97. The Bertz CT molecular complexity index is 445. The van der Waals surface area contributed by atoms with Crippen molar-refractivity contribution < 1.29 is 19.1 Å². The van der Waals surface area contributed by atoms with Gasteiger partial charge in [0.05, 0.1) is 13.2 Å². The fourth-order valence-electron chi connectivity index (χ4n) is 2.70. The summed E-state index contributed by atoms with van der Waals surface area (Å²) < 4.78 is 5.48. The monoisotopic (exact) mass is 386 g/mol. The highest BCUT2D eigenvalue weighted by atomic mass is 16.5. The van der Waals surface area contributed by atoms with Crippen LogP contribution in [0.3, 0.4) is 0 Å². The summed E-state index contributed by atoms with van der Waals surface area (Å²) in [6.07, 6.45) is 5.01. The van der Waals surface area contributed by atoms with E-state index in [1.165, 1.54) is 0 Å². The van der Waals surface area contributed by atoms with Crippen LogP contribution in [-0.2, 0) is 14.3 Å². The molecule has 0 rings (SSSR count). The van der Waals surface area contributed by atoms with Crippen molar-refractivity contribution in [2.24, 2.45) is 11.7 Å². The normalized spacial score (nSPS) is 12.9. The molecule has 0 aliphatic rings. The van der Waals surface area contributed by atoms with Gasteiger partial charge >= 0.3 is 6.03 Å². The average molecular weight is 387 g/mol. The van der Waals surface area contributed by atoms with Gasteiger partial charge in [0.1, 0.15) is 6.04 Å². The summed E-state index contributed by atoms with van der Waals surface area (Å²) >= 11 is 0. The van der Waals surface area contributed by atoms with Gasteiger partial charge in [0, 0.05) is 26.6 Å². The molecule has 0 heterocycles. The van der Waals surface area contributed by atoms with E-state index in [4.69, 9.17) is 10.5 Å². The lowest BCUT2D eigenvalue weighted by Gasteiger charge is -2.20. The number of primary amides is 1. The fraction of sp³-hybridized carbons (Fsp3) is 0.842. The molecule has 27 heavy (non-hydrogen) atoms. The number of hydrogen-bond acceptors (Lipinski definition) is 4. The van der Waals surface area contributed by atoms with E-state index in [9.17, 15) is 14.4 Å². The summed E-state index contributed by atoms with van der Waals surface area (Å²) in [5.41, 5.74) is 5.11. The van der Waals surface area contributed by atoms with Crippen LogP contribution in [-0.4, -0.2) is 62.1 Å². The second-order valence-corrected chi connectivity index (χ2v) is 7.02. The lowest BCUT2D eigenvalue weighted by Crippen LogP contribution is -2.49. The summed E-state index contributed by atoms with van der Waals surface area (Å²) in [5.74, 6) is 0.267. The lowest BCUT2D eigenvalue weighted by molar-refractivity contribution is -0.131. The molecule has 4 amide bonds. The summed E-state index contributed by atoms with van der Waals surface area (Å²) in [5, 5.41) is 5.19. The molecule has 0 bridgehead atoms. The third kappa shape index (κ3) is 13.1. The van der Waals surface area contributed by atoms with Crippen LogP contribution in [0.2, 0.25) is 0 Å². The van der Waals surface area contributed by atoms with E-state index in [2.05, 4.69) is 24.5 Å². The molecule has 8 nitrogen and oxygen atoms in total. The van der Waals surface area contributed by atoms with Crippen molar-refractivity contribution in [2.75, 3.05) is 33.4 Å².